The highest BCUT2D eigenvalue weighted by atomic mass is 16.3. The van der Waals surface area contributed by atoms with Crippen molar-refractivity contribution < 1.29 is 5.11 Å². The molecule has 1 fully saturated rings. The largest absolute Gasteiger partial charge is 0.396 e. The number of nitrogens with zero attached hydrogens (tertiary/aromatic N) is 3. The van der Waals surface area contributed by atoms with Crippen LogP contribution in [0.3, 0.4) is 0 Å². The topological polar surface area (TPSA) is 91.2 Å². The van der Waals surface area contributed by atoms with E-state index in [9.17, 15) is 9.59 Å². The van der Waals surface area contributed by atoms with Gasteiger partial charge in [-0.25, -0.2) is 9.78 Å². The van der Waals surface area contributed by atoms with E-state index < -0.39 is 11.2 Å². The zero-order valence-electron chi connectivity index (χ0n) is 12.1. The van der Waals surface area contributed by atoms with Gasteiger partial charge < -0.3 is 10.0 Å². The van der Waals surface area contributed by atoms with Gasteiger partial charge in [-0.05, 0) is 30.9 Å². The predicted octanol–water partition coefficient (Wildman–Crippen LogP) is 0.130. The average Bonchev–Trinajstić information content (AvgIpc) is 2.55. The standard InChI is InChI=1S/C15H18N4O3/c20-10-11-3-6-18(7-4-11)13-2-1-12(9-16-13)19-8-5-14(21)17-15(19)22/h1-2,5,8-9,11,20H,3-4,6-7,10H2,(H,17,21,22). The fourth-order valence-corrected chi connectivity index (χ4v) is 2.67. The average molecular weight is 302 g/mol. The molecule has 1 aliphatic heterocycles. The minimum atomic E-state index is -0.481. The maximum Gasteiger partial charge on any atom is 0.332 e. The van der Waals surface area contributed by atoms with Crippen molar-refractivity contribution in [1.29, 1.82) is 0 Å². The minimum absolute atomic E-state index is 0.245. The molecule has 7 nitrogen and oxygen atoms in total. The summed E-state index contributed by atoms with van der Waals surface area (Å²) in [6, 6.07) is 4.97. The van der Waals surface area contributed by atoms with Crippen molar-refractivity contribution in [3.8, 4) is 5.69 Å². The molecule has 2 aromatic rings. The van der Waals surface area contributed by atoms with Crippen molar-refractivity contribution in [2.45, 2.75) is 12.8 Å². The lowest BCUT2D eigenvalue weighted by molar-refractivity contribution is 0.203. The number of aliphatic hydroxyl groups is 1. The highest BCUT2D eigenvalue weighted by molar-refractivity contribution is 5.43. The number of aromatic nitrogens is 3. The molecule has 0 aromatic carbocycles. The first kappa shape index (κ1) is 14.5. The molecule has 3 heterocycles. The second-order valence-corrected chi connectivity index (χ2v) is 5.47. The number of aromatic amines is 1. The minimum Gasteiger partial charge on any atom is -0.396 e. The number of anilines is 1. The summed E-state index contributed by atoms with van der Waals surface area (Å²) in [4.78, 5) is 31.6. The molecular weight excluding hydrogens is 284 g/mol. The number of H-pyrrole nitrogens is 1. The molecule has 2 N–H and O–H groups in total. The van der Waals surface area contributed by atoms with Crippen LogP contribution in [0.4, 0.5) is 5.82 Å². The van der Waals surface area contributed by atoms with Gasteiger partial charge in [0.05, 0.1) is 11.9 Å². The summed E-state index contributed by atoms with van der Waals surface area (Å²) < 4.78 is 1.34. The second-order valence-electron chi connectivity index (χ2n) is 5.47. The van der Waals surface area contributed by atoms with Crippen molar-refractivity contribution in [2.75, 3.05) is 24.6 Å². The highest BCUT2D eigenvalue weighted by Crippen LogP contribution is 2.21. The van der Waals surface area contributed by atoms with Crippen LogP contribution in [-0.4, -0.2) is 39.3 Å². The molecule has 2 aromatic heterocycles. The van der Waals surface area contributed by atoms with Gasteiger partial charge in [0.15, 0.2) is 0 Å². The zero-order valence-corrected chi connectivity index (χ0v) is 12.1. The van der Waals surface area contributed by atoms with Gasteiger partial charge in [0.1, 0.15) is 5.82 Å². The summed E-state index contributed by atoms with van der Waals surface area (Å²) >= 11 is 0. The molecule has 0 unspecified atom stereocenters. The number of nitrogens with one attached hydrogen (secondary N) is 1. The van der Waals surface area contributed by atoms with Gasteiger partial charge in [0.25, 0.3) is 5.56 Å². The summed E-state index contributed by atoms with van der Waals surface area (Å²) in [5.41, 5.74) is -0.293. The summed E-state index contributed by atoms with van der Waals surface area (Å²) in [7, 11) is 0. The smallest absolute Gasteiger partial charge is 0.332 e. The third kappa shape index (κ3) is 2.94. The molecule has 0 aliphatic carbocycles. The molecular formula is C15H18N4O3. The monoisotopic (exact) mass is 302 g/mol. The van der Waals surface area contributed by atoms with E-state index in [4.69, 9.17) is 5.11 Å². The maximum atomic E-state index is 11.7. The van der Waals surface area contributed by atoms with E-state index in [2.05, 4.69) is 14.9 Å². The van der Waals surface area contributed by atoms with Crippen molar-refractivity contribution in [3.63, 3.8) is 0 Å². The second kappa shape index (κ2) is 6.15. The number of pyridine rings is 1. The van der Waals surface area contributed by atoms with Gasteiger partial charge in [-0.2, -0.15) is 0 Å². The Morgan fingerprint density at radius 1 is 1.23 bits per heavy atom. The molecule has 1 saturated heterocycles. The van der Waals surface area contributed by atoms with E-state index in [-0.39, 0.29) is 6.61 Å². The number of hydrogen-bond acceptors (Lipinski definition) is 5. The van der Waals surface area contributed by atoms with Crippen molar-refractivity contribution in [3.05, 3.63) is 51.4 Å². The number of rotatable bonds is 3. The van der Waals surface area contributed by atoms with Crippen molar-refractivity contribution in [2.24, 2.45) is 5.92 Å². The Bertz CT molecular complexity index is 742. The Morgan fingerprint density at radius 2 is 2.00 bits per heavy atom. The van der Waals surface area contributed by atoms with Crippen LogP contribution in [0.5, 0.6) is 0 Å². The first-order valence-electron chi connectivity index (χ1n) is 7.31. The molecule has 0 amide bonds. The fraction of sp³-hybridized carbons (Fsp3) is 0.400. The molecule has 1 aliphatic rings. The maximum absolute atomic E-state index is 11.7. The van der Waals surface area contributed by atoms with Gasteiger partial charge in [-0.3, -0.25) is 14.3 Å². The van der Waals surface area contributed by atoms with Gasteiger partial charge >= 0.3 is 5.69 Å². The van der Waals surface area contributed by atoms with Crippen molar-refractivity contribution >= 4 is 5.82 Å². The molecule has 3 rings (SSSR count). The van der Waals surface area contributed by atoms with Crippen LogP contribution in [0.15, 0.2) is 40.2 Å². The fourth-order valence-electron chi connectivity index (χ4n) is 2.67. The van der Waals surface area contributed by atoms with Crippen LogP contribution >= 0.6 is 0 Å². The summed E-state index contributed by atoms with van der Waals surface area (Å²) in [5, 5.41) is 9.16. The first-order valence-corrected chi connectivity index (χ1v) is 7.31. The number of hydrogen-bond donors (Lipinski definition) is 2. The van der Waals surface area contributed by atoms with E-state index in [0.717, 1.165) is 31.7 Å². The molecule has 22 heavy (non-hydrogen) atoms. The molecule has 0 saturated carbocycles. The predicted molar refractivity (Wildman–Crippen MR) is 82.5 cm³/mol. The lowest BCUT2D eigenvalue weighted by Crippen LogP contribution is -2.35. The van der Waals surface area contributed by atoms with E-state index in [1.807, 2.05) is 6.07 Å². The Morgan fingerprint density at radius 3 is 2.59 bits per heavy atom. The highest BCUT2D eigenvalue weighted by Gasteiger charge is 2.19. The van der Waals surface area contributed by atoms with Gasteiger partial charge in [0, 0.05) is 32.0 Å². The van der Waals surface area contributed by atoms with E-state index in [0.29, 0.717) is 11.6 Å². The van der Waals surface area contributed by atoms with Crippen LogP contribution in [0.2, 0.25) is 0 Å². The van der Waals surface area contributed by atoms with E-state index >= 15 is 0 Å². The normalized spacial score (nSPS) is 16.0. The Labute approximate surface area is 126 Å². The Kier molecular flexibility index (Phi) is 4.06. The van der Waals surface area contributed by atoms with Gasteiger partial charge in [-0.1, -0.05) is 0 Å². The van der Waals surface area contributed by atoms with Crippen LogP contribution in [-0.2, 0) is 0 Å². The third-order valence-corrected chi connectivity index (χ3v) is 4.03. The van der Waals surface area contributed by atoms with Crippen molar-refractivity contribution in [1.82, 2.24) is 14.5 Å². The number of aliphatic hydroxyl groups excluding tert-OH is 1. The van der Waals surface area contributed by atoms with Crippen LogP contribution < -0.4 is 16.1 Å². The molecule has 0 radical (unpaired) electrons. The molecule has 0 atom stereocenters. The molecule has 7 heteroatoms. The zero-order chi connectivity index (χ0) is 15.5. The summed E-state index contributed by atoms with van der Waals surface area (Å²) in [5.74, 6) is 1.24. The van der Waals surface area contributed by atoms with Gasteiger partial charge in [-0.15, -0.1) is 0 Å². The Balaban J connectivity index is 1.78. The Hall–Kier alpha value is -2.41. The van der Waals surface area contributed by atoms with Crippen LogP contribution in [0, 0.1) is 5.92 Å². The summed E-state index contributed by atoms with van der Waals surface area (Å²) in [6.45, 7) is 1.99. The van der Waals surface area contributed by atoms with E-state index in [1.54, 1.807) is 12.3 Å². The molecule has 0 bridgehead atoms. The SMILES string of the molecule is O=c1ccn(-c2ccc(N3CCC(CO)CC3)nc2)c(=O)[nH]1. The molecule has 116 valence electrons. The first-order chi connectivity index (χ1) is 10.7. The summed E-state index contributed by atoms with van der Waals surface area (Å²) in [6.07, 6.45) is 4.97. The van der Waals surface area contributed by atoms with Crippen LogP contribution in [0.25, 0.3) is 5.69 Å². The lowest BCUT2D eigenvalue weighted by Gasteiger charge is -2.32. The van der Waals surface area contributed by atoms with Gasteiger partial charge in [0.2, 0.25) is 0 Å². The number of piperidine rings is 1. The quantitative estimate of drug-likeness (QED) is 0.841. The lowest BCUT2D eigenvalue weighted by atomic mass is 9.98. The van der Waals surface area contributed by atoms with E-state index in [1.165, 1.54) is 16.8 Å². The molecule has 0 spiro atoms. The van der Waals surface area contributed by atoms with Crippen LogP contribution in [0.1, 0.15) is 12.8 Å². The third-order valence-electron chi connectivity index (χ3n) is 4.03.